The van der Waals surface area contributed by atoms with Crippen LogP contribution in [0.3, 0.4) is 0 Å². The number of nitrogens with zero attached hydrogens (tertiary/aromatic N) is 2. The number of rotatable bonds is 4. The summed E-state index contributed by atoms with van der Waals surface area (Å²) in [6.45, 7) is 3.89. The van der Waals surface area contributed by atoms with Gasteiger partial charge < -0.3 is 5.32 Å². The Kier molecular flexibility index (Phi) is 4.42. The van der Waals surface area contributed by atoms with Crippen LogP contribution in [-0.4, -0.2) is 15.5 Å². The molecule has 0 saturated heterocycles. The third kappa shape index (κ3) is 3.20. The van der Waals surface area contributed by atoms with E-state index in [0.29, 0.717) is 10.9 Å². The molecular formula is C19H19N3O2. The number of aromatic nitrogens is 2. The van der Waals surface area contributed by atoms with E-state index in [9.17, 15) is 9.59 Å². The van der Waals surface area contributed by atoms with Crippen molar-refractivity contribution in [3.05, 3.63) is 76.3 Å². The van der Waals surface area contributed by atoms with Gasteiger partial charge in [0.05, 0.1) is 23.3 Å². The van der Waals surface area contributed by atoms with Crippen LogP contribution in [-0.2, 0) is 11.3 Å². The van der Waals surface area contributed by atoms with Crippen molar-refractivity contribution in [3.63, 3.8) is 0 Å². The summed E-state index contributed by atoms with van der Waals surface area (Å²) in [7, 11) is 0. The van der Waals surface area contributed by atoms with Crippen LogP contribution in [0.15, 0.2) is 59.7 Å². The summed E-state index contributed by atoms with van der Waals surface area (Å²) >= 11 is 0. The summed E-state index contributed by atoms with van der Waals surface area (Å²) in [5.74, 6) is -0.218. The standard InChI is InChI=1S/C19H19N3O2/c1-13-7-3-4-8-15(13)14(2)21-18(23)11-22-12-20-17-10-6-5-9-16(17)19(22)24/h3-10,12,14H,11H2,1-2H3,(H,21,23). The van der Waals surface area contributed by atoms with E-state index in [1.807, 2.05) is 44.2 Å². The molecule has 1 aromatic heterocycles. The monoisotopic (exact) mass is 321 g/mol. The Morgan fingerprint density at radius 1 is 1.17 bits per heavy atom. The van der Waals surface area contributed by atoms with Crippen LogP contribution in [0.4, 0.5) is 0 Å². The van der Waals surface area contributed by atoms with Gasteiger partial charge in [-0.25, -0.2) is 4.98 Å². The average molecular weight is 321 g/mol. The van der Waals surface area contributed by atoms with Crippen LogP contribution in [0.2, 0.25) is 0 Å². The minimum atomic E-state index is -0.218. The van der Waals surface area contributed by atoms with Crippen molar-refractivity contribution in [2.75, 3.05) is 0 Å². The minimum Gasteiger partial charge on any atom is -0.348 e. The predicted octanol–water partition coefficient (Wildman–Crippen LogP) is 2.58. The van der Waals surface area contributed by atoms with E-state index >= 15 is 0 Å². The lowest BCUT2D eigenvalue weighted by Crippen LogP contribution is -2.34. The average Bonchev–Trinajstić information content (AvgIpc) is 2.58. The zero-order valence-corrected chi connectivity index (χ0v) is 13.7. The van der Waals surface area contributed by atoms with Crippen LogP contribution in [0, 0.1) is 6.92 Å². The zero-order valence-electron chi connectivity index (χ0n) is 13.7. The molecule has 1 heterocycles. The Hall–Kier alpha value is -2.95. The first-order chi connectivity index (χ1) is 11.6. The Labute approximate surface area is 140 Å². The molecule has 1 amide bonds. The number of amides is 1. The summed E-state index contributed by atoms with van der Waals surface area (Å²) in [5, 5.41) is 3.45. The van der Waals surface area contributed by atoms with Gasteiger partial charge >= 0.3 is 0 Å². The lowest BCUT2D eigenvalue weighted by atomic mass is 10.0. The van der Waals surface area contributed by atoms with Crippen molar-refractivity contribution in [2.45, 2.75) is 26.4 Å². The van der Waals surface area contributed by atoms with E-state index in [1.165, 1.54) is 10.9 Å². The molecule has 0 aliphatic carbocycles. The number of benzene rings is 2. The lowest BCUT2D eigenvalue weighted by Gasteiger charge is -2.17. The number of hydrogen-bond donors (Lipinski definition) is 1. The minimum absolute atomic E-state index is 0.0487. The molecule has 0 saturated carbocycles. The second kappa shape index (κ2) is 6.66. The Morgan fingerprint density at radius 3 is 2.67 bits per heavy atom. The number of carbonyl (C=O) groups excluding carboxylic acids is 1. The van der Waals surface area contributed by atoms with Crippen molar-refractivity contribution in [3.8, 4) is 0 Å². The summed E-state index contributed by atoms with van der Waals surface area (Å²) in [4.78, 5) is 28.9. The molecule has 1 atom stereocenters. The molecular weight excluding hydrogens is 302 g/mol. The van der Waals surface area contributed by atoms with Gasteiger partial charge in [-0.3, -0.25) is 14.2 Å². The van der Waals surface area contributed by atoms with Crippen molar-refractivity contribution < 1.29 is 4.79 Å². The molecule has 5 nitrogen and oxygen atoms in total. The number of aryl methyl sites for hydroxylation is 1. The second-order valence-corrected chi connectivity index (χ2v) is 5.84. The van der Waals surface area contributed by atoms with Gasteiger partial charge in [-0.2, -0.15) is 0 Å². The van der Waals surface area contributed by atoms with Crippen LogP contribution in [0.1, 0.15) is 24.1 Å². The Morgan fingerprint density at radius 2 is 1.88 bits per heavy atom. The van der Waals surface area contributed by atoms with Crippen LogP contribution >= 0.6 is 0 Å². The smallest absolute Gasteiger partial charge is 0.261 e. The van der Waals surface area contributed by atoms with E-state index in [1.54, 1.807) is 18.2 Å². The molecule has 0 bridgehead atoms. The third-order valence-electron chi connectivity index (χ3n) is 4.08. The molecule has 3 rings (SSSR count). The van der Waals surface area contributed by atoms with Crippen molar-refractivity contribution in [1.29, 1.82) is 0 Å². The zero-order chi connectivity index (χ0) is 17.1. The van der Waals surface area contributed by atoms with Gasteiger partial charge in [-0.15, -0.1) is 0 Å². The molecule has 1 N–H and O–H groups in total. The maximum atomic E-state index is 12.4. The molecule has 24 heavy (non-hydrogen) atoms. The van der Waals surface area contributed by atoms with E-state index in [2.05, 4.69) is 10.3 Å². The highest BCUT2D eigenvalue weighted by Crippen LogP contribution is 2.16. The summed E-state index contributed by atoms with van der Waals surface area (Å²) in [5.41, 5.74) is 2.61. The van der Waals surface area contributed by atoms with Crippen LogP contribution < -0.4 is 10.9 Å². The molecule has 0 aliphatic heterocycles. The fraction of sp³-hybridized carbons (Fsp3) is 0.211. The molecule has 1 unspecified atom stereocenters. The van der Waals surface area contributed by atoms with Crippen LogP contribution in [0.25, 0.3) is 10.9 Å². The molecule has 0 spiro atoms. The third-order valence-corrected chi connectivity index (χ3v) is 4.08. The van der Waals surface area contributed by atoms with Gasteiger partial charge in [0.25, 0.3) is 5.56 Å². The topological polar surface area (TPSA) is 64.0 Å². The number of hydrogen-bond acceptors (Lipinski definition) is 3. The molecule has 2 aromatic carbocycles. The summed E-state index contributed by atoms with van der Waals surface area (Å²) < 4.78 is 1.34. The van der Waals surface area contributed by atoms with Gasteiger partial charge in [0.15, 0.2) is 0 Å². The maximum absolute atomic E-state index is 12.4. The van der Waals surface area contributed by atoms with Gasteiger partial charge in [-0.1, -0.05) is 36.4 Å². The van der Waals surface area contributed by atoms with Gasteiger partial charge in [0.1, 0.15) is 6.54 Å². The first kappa shape index (κ1) is 15.9. The molecule has 0 aliphatic rings. The van der Waals surface area contributed by atoms with Crippen molar-refractivity contribution in [2.24, 2.45) is 0 Å². The summed E-state index contributed by atoms with van der Waals surface area (Å²) in [6, 6.07) is 14.9. The predicted molar refractivity (Wildman–Crippen MR) is 93.7 cm³/mol. The highest BCUT2D eigenvalue weighted by molar-refractivity contribution is 5.79. The van der Waals surface area contributed by atoms with Crippen LogP contribution in [0.5, 0.6) is 0 Å². The normalized spacial score (nSPS) is 12.1. The number of carbonyl (C=O) groups is 1. The number of nitrogens with one attached hydrogen (secondary N) is 1. The highest BCUT2D eigenvalue weighted by atomic mass is 16.2. The van der Waals surface area contributed by atoms with Gasteiger partial charge in [0.2, 0.25) is 5.91 Å². The highest BCUT2D eigenvalue weighted by Gasteiger charge is 2.13. The first-order valence-electron chi connectivity index (χ1n) is 7.85. The Balaban J connectivity index is 1.77. The first-order valence-corrected chi connectivity index (χ1v) is 7.85. The second-order valence-electron chi connectivity index (χ2n) is 5.84. The van der Waals surface area contributed by atoms with Crippen molar-refractivity contribution in [1.82, 2.24) is 14.9 Å². The van der Waals surface area contributed by atoms with Crippen molar-refractivity contribution >= 4 is 16.8 Å². The lowest BCUT2D eigenvalue weighted by molar-refractivity contribution is -0.122. The number of para-hydroxylation sites is 1. The molecule has 0 radical (unpaired) electrons. The van der Waals surface area contributed by atoms with Gasteiger partial charge in [-0.05, 0) is 37.1 Å². The molecule has 3 aromatic rings. The fourth-order valence-electron chi connectivity index (χ4n) is 2.81. The fourth-order valence-corrected chi connectivity index (χ4v) is 2.81. The SMILES string of the molecule is Cc1ccccc1C(C)NC(=O)Cn1cnc2ccccc2c1=O. The molecule has 122 valence electrons. The summed E-state index contributed by atoms with van der Waals surface area (Å²) in [6.07, 6.45) is 1.42. The maximum Gasteiger partial charge on any atom is 0.261 e. The molecule has 5 heteroatoms. The Bertz CT molecular complexity index is 946. The quantitative estimate of drug-likeness (QED) is 0.803. The largest absolute Gasteiger partial charge is 0.348 e. The van der Waals surface area contributed by atoms with E-state index in [4.69, 9.17) is 0 Å². The van der Waals surface area contributed by atoms with E-state index in [-0.39, 0.29) is 24.1 Å². The number of fused-ring (bicyclic) bond motifs is 1. The van der Waals surface area contributed by atoms with E-state index in [0.717, 1.165) is 11.1 Å². The van der Waals surface area contributed by atoms with E-state index < -0.39 is 0 Å². The van der Waals surface area contributed by atoms with Gasteiger partial charge in [0, 0.05) is 0 Å². The molecule has 0 fully saturated rings.